The Morgan fingerprint density at radius 2 is 2.00 bits per heavy atom. The molecule has 0 amide bonds. The summed E-state index contributed by atoms with van der Waals surface area (Å²) in [6.45, 7) is 1.58. The number of nitrogens with zero attached hydrogens (tertiary/aromatic N) is 1. The van der Waals surface area contributed by atoms with Crippen molar-refractivity contribution in [2.45, 2.75) is 44.0 Å². The number of aliphatic hydroxyl groups excluding tert-OH is 1. The quantitative estimate of drug-likeness (QED) is 0.828. The van der Waals surface area contributed by atoms with Gasteiger partial charge in [-0.05, 0) is 30.4 Å². The lowest BCUT2D eigenvalue weighted by molar-refractivity contribution is 0.112. The van der Waals surface area contributed by atoms with E-state index in [0.29, 0.717) is 12.6 Å². The molecule has 3 heteroatoms. The van der Waals surface area contributed by atoms with Gasteiger partial charge < -0.3 is 10.8 Å². The van der Waals surface area contributed by atoms with Gasteiger partial charge in [0, 0.05) is 19.1 Å². The second-order valence-electron chi connectivity index (χ2n) is 5.17. The normalized spacial score (nSPS) is 29.8. The van der Waals surface area contributed by atoms with Crippen molar-refractivity contribution in [3.05, 3.63) is 35.4 Å². The van der Waals surface area contributed by atoms with Gasteiger partial charge in [-0.2, -0.15) is 0 Å². The average molecular weight is 232 g/mol. The zero-order chi connectivity index (χ0) is 11.8. The summed E-state index contributed by atoms with van der Waals surface area (Å²) in [5.41, 5.74) is 8.20. The third-order valence-electron chi connectivity index (χ3n) is 4.01. The van der Waals surface area contributed by atoms with Gasteiger partial charge in [0.15, 0.2) is 0 Å². The minimum absolute atomic E-state index is 0.169. The van der Waals surface area contributed by atoms with E-state index in [4.69, 9.17) is 5.73 Å². The molecule has 0 bridgehead atoms. The molecular formula is C14H20N2O. The van der Waals surface area contributed by atoms with Crippen molar-refractivity contribution < 1.29 is 5.11 Å². The zero-order valence-electron chi connectivity index (χ0n) is 10.0. The Morgan fingerprint density at radius 1 is 1.24 bits per heavy atom. The van der Waals surface area contributed by atoms with Gasteiger partial charge in [-0.25, -0.2) is 0 Å². The molecule has 0 spiro atoms. The first kappa shape index (κ1) is 11.2. The van der Waals surface area contributed by atoms with Crippen molar-refractivity contribution in [2.75, 3.05) is 6.54 Å². The first-order valence-electron chi connectivity index (χ1n) is 6.53. The first-order valence-corrected chi connectivity index (χ1v) is 6.53. The molecule has 1 aromatic rings. The average Bonchev–Trinajstić information content (AvgIpc) is 3.13. The van der Waals surface area contributed by atoms with Crippen LogP contribution in [0.4, 0.5) is 0 Å². The lowest BCUT2D eigenvalue weighted by Crippen LogP contribution is -2.30. The molecule has 1 saturated carbocycles. The molecule has 1 aliphatic heterocycles. The highest BCUT2D eigenvalue weighted by Crippen LogP contribution is 2.41. The Kier molecular flexibility index (Phi) is 2.90. The van der Waals surface area contributed by atoms with E-state index in [2.05, 4.69) is 17.0 Å². The summed E-state index contributed by atoms with van der Waals surface area (Å²) in [6.07, 6.45) is 3.23. The maximum atomic E-state index is 10.2. The Morgan fingerprint density at radius 3 is 2.71 bits per heavy atom. The number of rotatable bonds is 3. The van der Waals surface area contributed by atoms with Gasteiger partial charge >= 0.3 is 0 Å². The van der Waals surface area contributed by atoms with E-state index < -0.39 is 0 Å². The highest BCUT2D eigenvalue weighted by molar-refractivity contribution is 5.32. The van der Waals surface area contributed by atoms with E-state index in [1.54, 1.807) is 0 Å². The van der Waals surface area contributed by atoms with Crippen LogP contribution in [0.15, 0.2) is 24.3 Å². The van der Waals surface area contributed by atoms with Crippen molar-refractivity contribution in [3.63, 3.8) is 0 Å². The van der Waals surface area contributed by atoms with Crippen LogP contribution in [0.1, 0.15) is 36.4 Å². The maximum Gasteiger partial charge on any atom is 0.0749 e. The topological polar surface area (TPSA) is 49.5 Å². The second kappa shape index (κ2) is 4.41. The lowest BCUT2D eigenvalue weighted by atomic mass is 9.96. The van der Waals surface area contributed by atoms with Crippen LogP contribution in [0, 0.1) is 0 Å². The minimum atomic E-state index is -0.233. The molecule has 1 saturated heterocycles. The van der Waals surface area contributed by atoms with Gasteiger partial charge in [0.2, 0.25) is 0 Å². The van der Waals surface area contributed by atoms with Crippen LogP contribution in [0.2, 0.25) is 0 Å². The molecule has 1 aromatic carbocycles. The van der Waals surface area contributed by atoms with E-state index in [1.807, 2.05) is 12.1 Å². The fourth-order valence-corrected chi connectivity index (χ4v) is 3.01. The summed E-state index contributed by atoms with van der Waals surface area (Å²) in [7, 11) is 0. The van der Waals surface area contributed by atoms with E-state index in [1.165, 1.54) is 24.0 Å². The standard InChI is InChI=1S/C14H20N2O/c15-9-10-3-1-2-4-12(10)14-13(17)7-8-16(14)11-5-6-11/h1-4,11,13-14,17H,5-9,15H2. The molecule has 92 valence electrons. The highest BCUT2D eigenvalue weighted by Gasteiger charge is 2.42. The van der Waals surface area contributed by atoms with Crippen molar-refractivity contribution in [3.8, 4) is 0 Å². The number of nitrogens with two attached hydrogens (primary N) is 1. The zero-order valence-corrected chi connectivity index (χ0v) is 10.0. The molecule has 2 fully saturated rings. The number of aliphatic hydroxyl groups is 1. The van der Waals surface area contributed by atoms with Crippen molar-refractivity contribution in [1.82, 2.24) is 4.90 Å². The van der Waals surface area contributed by atoms with Gasteiger partial charge in [-0.15, -0.1) is 0 Å². The first-order chi connectivity index (χ1) is 8.31. The monoisotopic (exact) mass is 232 g/mol. The summed E-state index contributed by atoms with van der Waals surface area (Å²) in [5.74, 6) is 0. The molecule has 0 aromatic heterocycles. The number of hydrogen-bond acceptors (Lipinski definition) is 3. The number of hydrogen-bond donors (Lipinski definition) is 2. The van der Waals surface area contributed by atoms with Crippen LogP contribution in [-0.2, 0) is 6.54 Å². The van der Waals surface area contributed by atoms with Crippen LogP contribution in [0.25, 0.3) is 0 Å². The third-order valence-corrected chi connectivity index (χ3v) is 4.01. The predicted molar refractivity (Wildman–Crippen MR) is 67.4 cm³/mol. The Bertz CT molecular complexity index is 403. The molecule has 1 heterocycles. The van der Waals surface area contributed by atoms with Crippen LogP contribution in [0.3, 0.4) is 0 Å². The van der Waals surface area contributed by atoms with E-state index in [9.17, 15) is 5.11 Å². The smallest absolute Gasteiger partial charge is 0.0749 e. The maximum absolute atomic E-state index is 10.2. The van der Waals surface area contributed by atoms with Gasteiger partial charge in [0.25, 0.3) is 0 Å². The summed E-state index contributed by atoms with van der Waals surface area (Å²) in [4.78, 5) is 2.47. The fourth-order valence-electron chi connectivity index (χ4n) is 3.01. The van der Waals surface area contributed by atoms with E-state index in [-0.39, 0.29) is 12.1 Å². The Labute approximate surface area is 102 Å². The van der Waals surface area contributed by atoms with Gasteiger partial charge in [0.1, 0.15) is 0 Å². The molecule has 3 rings (SSSR count). The molecule has 2 atom stereocenters. The summed E-state index contributed by atoms with van der Waals surface area (Å²) in [6, 6.07) is 9.13. The SMILES string of the molecule is NCc1ccccc1C1C(O)CCN1C1CC1. The van der Waals surface area contributed by atoms with Crippen LogP contribution < -0.4 is 5.73 Å². The number of likely N-dealkylation sites (tertiary alicyclic amines) is 1. The van der Waals surface area contributed by atoms with Gasteiger partial charge in [-0.1, -0.05) is 24.3 Å². The largest absolute Gasteiger partial charge is 0.391 e. The highest BCUT2D eigenvalue weighted by atomic mass is 16.3. The van der Waals surface area contributed by atoms with Crippen molar-refractivity contribution >= 4 is 0 Å². The molecule has 0 radical (unpaired) electrons. The molecule has 3 N–H and O–H groups in total. The van der Waals surface area contributed by atoms with Gasteiger partial charge in [-0.3, -0.25) is 4.90 Å². The lowest BCUT2D eigenvalue weighted by Gasteiger charge is -2.28. The molecule has 2 aliphatic rings. The van der Waals surface area contributed by atoms with Gasteiger partial charge in [0.05, 0.1) is 12.1 Å². The van der Waals surface area contributed by atoms with Crippen LogP contribution in [-0.4, -0.2) is 28.7 Å². The van der Waals surface area contributed by atoms with Crippen molar-refractivity contribution in [1.29, 1.82) is 0 Å². The minimum Gasteiger partial charge on any atom is -0.391 e. The second-order valence-corrected chi connectivity index (χ2v) is 5.17. The summed E-state index contributed by atoms with van der Waals surface area (Å²) in [5, 5.41) is 10.2. The van der Waals surface area contributed by atoms with E-state index >= 15 is 0 Å². The Balaban J connectivity index is 1.94. The van der Waals surface area contributed by atoms with E-state index in [0.717, 1.165) is 13.0 Å². The molecule has 2 unspecified atom stereocenters. The van der Waals surface area contributed by atoms with Crippen LogP contribution >= 0.6 is 0 Å². The molecule has 17 heavy (non-hydrogen) atoms. The fraction of sp³-hybridized carbons (Fsp3) is 0.571. The third kappa shape index (κ3) is 1.99. The number of benzene rings is 1. The molecule has 1 aliphatic carbocycles. The Hall–Kier alpha value is -0.900. The summed E-state index contributed by atoms with van der Waals surface area (Å²) >= 11 is 0. The molecular weight excluding hydrogens is 212 g/mol. The predicted octanol–water partition coefficient (Wildman–Crippen LogP) is 1.42. The van der Waals surface area contributed by atoms with Crippen molar-refractivity contribution in [2.24, 2.45) is 5.73 Å². The van der Waals surface area contributed by atoms with Crippen LogP contribution in [0.5, 0.6) is 0 Å². The summed E-state index contributed by atoms with van der Waals surface area (Å²) < 4.78 is 0. The molecule has 3 nitrogen and oxygen atoms in total.